The first-order valence-electron chi connectivity index (χ1n) is 9.24. The molecule has 144 valence electrons. The lowest BCUT2D eigenvalue weighted by Gasteiger charge is -2.33. The summed E-state index contributed by atoms with van der Waals surface area (Å²) in [6.45, 7) is 8.65. The molecule has 1 aliphatic heterocycles. The molecule has 3 rings (SSSR count). The van der Waals surface area contributed by atoms with Crippen molar-refractivity contribution in [2.75, 3.05) is 19.7 Å². The third-order valence-electron chi connectivity index (χ3n) is 4.72. The Morgan fingerprint density at radius 1 is 1.22 bits per heavy atom. The van der Waals surface area contributed by atoms with E-state index < -0.39 is 5.97 Å². The number of aromatic amines is 1. The topological polar surface area (TPSA) is 71.6 Å². The highest BCUT2D eigenvalue weighted by Crippen LogP contribution is 2.25. The third kappa shape index (κ3) is 4.06. The molecule has 1 aromatic carbocycles. The predicted octanol–water partition coefficient (Wildman–Crippen LogP) is 3.41. The fourth-order valence-corrected chi connectivity index (χ4v) is 3.40. The van der Waals surface area contributed by atoms with Gasteiger partial charge in [-0.05, 0) is 38.8 Å². The van der Waals surface area contributed by atoms with Gasteiger partial charge >= 0.3 is 5.97 Å². The smallest absolute Gasteiger partial charge is 0.340 e. The second-order valence-corrected chi connectivity index (χ2v) is 7.10. The molecule has 1 aromatic heterocycles. The van der Waals surface area contributed by atoms with Gasteiger partial charge in [-0.2, -0.15) is 0 Å². The zero-order chi connectivity index (χ0) is 19.6. The monoisotopic (exact) mass is 370 g/mol. The number of hydrogen-bond acceptors (Lipinski definition) is 4. The van der Waals surface area contributed by atoms with Crippen molar-refractivity contribution in [1.82, 2.24) is 9.88 Å². The van der Waals surface area contributed by atoms with Crippen LogP contribution in [0.15, 0.2) is 30.3 Å². The lowest BCUT2D eigenvalue weighted by atomic mass is 10.1. The molecule has 1 saturated heterocycles. The van der Waals surface area contributed by atoms with Gasteiger partial charge in [0, 0.05) is 12.2 Å². The second kappa shape index (κ2) is 7.96. The summed E-state index contributed by atoms with van der Waals surface area (Å²) >= 11 is 0. The lowest BCUT2D eigenvalue weighted by molar-refractivity contribution is -0.0230. The van der Waals surface area contributed by atoms with Crippen LogP contribution in [0.4, 0.5) is 0 Å². The molecule has 2 heterocycles. The first kappa shape index (κ1) is 19.2. The molecule has 0 aliphatic carbocycles. The highest BCUT2D eigenvalue weighted by atomic mass is 16.5. The molecule has 1 fully saturated rings. The van der Waals surface area contributed by atoms with Gasteiger partial charge in [0.2, 0.25) is 0 Å². The molecular formula is C21H26N2O4. The molecule has 1 atom stereocenters. The Hall–Kier alpha value is -2.60. The first-order valence-corrected chi connectivity index (χ1v) is 9.24. The van der Waals surface area contributed by atoms with E-state index in [9.17, 15) is 9.59 Å². The Morgan fingerprint density at radius 3 is 2.59 bits per heavy atom. The molecule has 0 radical (unpaired) electrons. The van der Waals surface area contributed by atoms with Crippen molar-refractivity contribution < 1.29 is 19.1 Å². The van der Waals surface area contributed by atoms with Crippen molar-refractivity contribution in [3.8, 4) is 0 Å². The molecule has 2 aromatic rings. The average Bonchev–Trinajstić information content (AvgIpc) is 2.95. The summed E-state index contributed by atoms with van der Waals surface area (Å²) in [5, 5.41) is 0. The van der Waals surface area contributed by atoms with E-state index in [1.807, 2.05) is 30.3 Å². The minimum Gasteiger partial charge on any atom is -0.459 e. The van der Waals surface area contributed by atoms with Crippen LogP contribution >= 0.6 is 0 Å². The number of esters is 1. The van der Waals surface area contributed by atoms with Crippen molar-refractivity contribution >= 4 is 11.9 Å². The summed E-state index contributed by atoms with van der Waals surface area (Å²) < 4.78 is 11.2. The number of hydrogen-bond donors (Lipinski definition) is 1. The highest BCUT2D eigenvalue weighted by Gasteiger charge is 2.30. The van der Waals surface area contributed by atoms with E-state index in [2.05, 4.69) is 4.98 Å². The quantitative estimate of drug-likeness (QED) is 0.837. The van der Waals surface area contributed by atoms with E-state index >= 15 is 0 Å². The Balaban J connectivity index is 1.80. The molecule has 1 N–H and O–H groups in total. The highest BCUT2D eigenvalue weighted by molar-refractivity contribution is 6.00. The summed E-state index contributed by atoms with van der Waals surface area (Å²) in [5.74, 6) is -0.525. The number of morpholine rings is 1. The van der Waals surface area contributed by atoms with Gasteiger partial charge in [0.05, 0.1) is 24.8 Å². The second-order valence-electron chi connectivity index (χ2n) is 7.10. The Kier molecular flexibility index (Phi) is 5.65. The zero-order valence-corrected chi connectivity index (χ0v) is 16.2. The van der Waals surface area contributed by atoms with E-state index in [-0.39, 0.29) is 18.1 Å². The number of amides is 1. The molecule has 27 heavy (non-hydrogen) atoms. The van der Waals surface area contributed by atoms with Crippen LogP contribution in [0, 0.1) is 13.8 Å². The van der Waals surface area contributed by atoms with Crippen LogP contribution in [-0.4, -0.2) is 47.6 Å². The van der Waals surface area contributed by atoms with Crippen LogP contribution in [0.1, 0.15) is 57.6 Å². The van der Waals surface area contributed by atoms with Crippen molar-refractivity contribution in [2.45, 2.75) is 39.9 Å². The van der Waals surface area contributed by atoms with Gasteiger partial charge in [0.15, 0.2) is 0 Å². The normalized spacial score (nSPS) is 17.2. The largest absolute Gasteiger partial charge is 0.459 e. The van der Waals surface area contributed by atoms with Gasteiger partial charge in [-0.1, -0.05) is 30.3 Å². The number of nitrogens with zero attached hydrogens (tertiary/aromatic N) is 1. The number of rotatable bonds is 4. The fraction of sp³-hybridized carbons (Fsp3) is 0.429. The number of carbonyl (C=O) groups excluding carboxylic acids is 2. The van der Waals surface area contributed by atoms with Gasteiger partial charge in [0.1, 0.15) is 11.8 Å². The molecular weight excluding hydrogens is 344 g/mol. The summed E-state index contributed by atoms with van der Waals surface area (Å²) in [6.07, 6.45) is -0.359. The summed E-state index contributed by atoms with van der Waals surface area (Å²) in [5.41, 5.74) is 3.22. The van der Waals surface area contributed by atoms with E-state index in [1.165, 1.54) is 0 Å². The Labute approximate surface area is 159 Å². The van der Waals surface area contributed by atoms with Crippen molar-refractivity contribution in [2.24, 2.45) is 0 Å². The number of benzene rings is 1. The molecule has 1 aliphatic rings. The molecule has 0 saturated carbocycles. The lowest BCUT2D eigenvalue weighted by Crippen LogP contribution is -2.42. The SMILES string of the molecule is Cc1[nH]c(C(=O)N2CCOC(c3ccccc3)C2)c(C)c1C(=O)OC(C)C. The molecule has 6 heteroatoms. The van der Waals surface area contributed by atoms with Crippen molar-refractivity contribution in [1.29, 1.82) is 0 Å². The Bertz CT molecular complexity index is 826. The summed E-state index contributed by atoms with van der Waals surface area (Å²) in [6, 6.07) is 9.89. The number of carbonyl (C=O) groups is 2. The molecule has 0 bridgehead atoms. The van der Waals surface area contributed by atoms with Gasteiger partial charge < -0.3 is 19.4 Å². The van der Waals surface area contributed by atoms with Gasteiger partial charge in [-0.3, -0.25) is 4.79 Å². The number of H-pyrrole nitrogens is 1. The van der Waals surface area contributed by atoms with Crippen LogP contribution in [0.25, 0.3) is 0 Å². The van der Waals surface area contributed by atoms with E-state index in [1.54, 1.807) is 32.6 Å². The van der Waals surface area contributed by atoms with Crippen LogP contribution in [0.3, 0.4) is 0 Å². The molecule has 1 amide bonds. The molecule has 1 unspecified atom stereocenters. The third-order valence-corrected chi connectivity index (χ3v) is 4.72. The number of ether oxygens (including phenoxy) is 2. The average molecular weight is 370 g/mol. The maximum absolute atomic E-state index is 13.1. The number of nitrogens with one attached hydrogen (secondary N) is 1. The van der Waals surface area contributed by atoms with E-state index in [0.29, 0.717) is 42.2 Å². The minimum absolute atomic E-state index is 0.122. The van der Waals surface area contributed by atoms with Crippen LogP contribution < -0.4 is 0 Å². The number of aromatic nitrogens is 1. The first-order chi connectivity index (χ1) is 12.9. The zero-order valence-electron chi connectivity index (χ0n) is 16.2. The van der Waals surface area contributed by atoms with Crippen molar-refractivity contribution in [3.05, 3.63) is 58.4 Å². The van der Waals surface area contributed by atoms with Gasteiger partial charge in [-0.15, -0.1) is 0 Å². The minimum atomic E-state index is -0.403. The van der Waals surface area contributed by atoms with Crippen LogP contribution in [-0.2, 0) is 9.47 Å². The van der Waals surface area contributed by atoms with E-state index in [4.69, 9.17) is 9.47 Å². The van der Waals surface area contributed by atoms with E-state index in [0.717, 1.165) is 5.56 Å². The maximum atomic E-state index is 13.1. The molecule has 6 nitrogen and oxygen atoms in total. The summed E-state index contributed by atoms with van der Waals surface area (Å²) in [7, 11) is 0. The Morgan fingerprint density at radius 2 is 1.93 bits per heavy atom. The standard InChI is InChI=1S/C21H26N2O4/c1-13(2)27-21(25)18-14(3)19(22-15(18)4)20(24)23-10-11-26-17(12-23)16-8-6-5-7-9-16/h5-9,13,17,22H,10-12H2,1-4H3. The van der Waals surface area contributed by atoms with Gasteiger partial charge in [0.25, 0.3) is 5.91 Å². The van der Waals surface area contributed by atoms with Crippen LogP contribution in [0.5, 0.6) is 0 Å². The van der Waals surface area contributed by atoms with Gasteiger partial charge in [-0.25, -0.2) is 4.79 Å². The van der Waals surface area contributed by atoms with Crippen LogP contribution in [0.2, 0.25) is 0 Å². The predicted molar refractivity (Wildman–Crippen MR) is 102 cm³/mol. The number of aryl methyl sites for hydroxylation is 1. The fourth-order valence-electron chi connectivity index (χ4n) is 3.40. The maximum Gasteiger partial charge on any atom is 0.340 e. The molecule has 0 spiro atoms. The summed E-state index contributed by atoms with van der Waals surface area (Å²) in [4.78, 5) is 30.3. The van der Waals surface area contributed by atoms with Crippen molar-refractivity contribution in [3.63, 3.8) is 0 Å².